The summed E-state index contributed by atoms with van der Waals surface area (Å²) in [6.45, 7) is 13.4. The average Bonchev–Trinajstić information content (AvgIpc) is 1.92. The third-order valence-corrected chi connectivity index (χ3v) is 2.07. The molecule has 0 unspecified atom stereocenters. The van der Waals surface area contributed by atoms with E-state index in [1.807, 2.05) is 6.08 Å². The number of hydrogen-bond acceptors (Lipinski definition) is 0. The Morgan fingerprint density at radius 2 is 1.43 bits per heavy atom. The van der Waals surface area contributed by atoms with Gasteiger partial charge in [-0.05, 0) is 16.9 Å². The average molecular weight is 190 g/mol. The molecule has 0 aromatic rings. The summed E-state index contributed by atoms with van der Waals surface area (Å²) < 4.78 is 0. The van der Waals surface area contributed by atoms with Crippen molar-refractivity contribution in [1.82, 2.24) is 0 Å². The van der Waals surface area contributed by atoms with Crippen LogP contribution in [-0.2, 0) is 0 Å². The molecule has 0 bridgehead atoms. The summed E-state index contributed by atoms with van der Waals surface area (Å²) in [5.74, 6) is 2.50. The van der Waals surface area contributed by atoms with Crippen molar-refractivity contribution in [2.45, 2.75) is 41.5 Å². The lowest BCUT2D eigenvalue weighted by Gasteiger charge is -2.33. The van der Waals surface area contributed by atoms with Crippen molar-refractivity contribution < 1.29 is 0 Å². The molecule has 0 N–H and O–H groups in total. The fourth-order valence-electron chi connectivity index (χ4n) is 1.82. The molecule has 0 aliphatic carbocycles. The Labute approximate surface area is 89.1 Å². The van der Waals surface area contributed by atoms with E-state index in [0.29, 0.717) is 0 Å². The highest BCUT2D eigenvalue weighted by Gasteiger charge is 2.26. The van der Waals surface area contributed by atoms with Crippen LogP contribution < -0.4 is 0 Å². The molecule has 0 heteroatoms. The van der Waals surface area contributed by atoms with Gasteiger partial charge in [0.1, 0.15) is 0 Å². The lowest BCUT2D eigenvalue weighted by molar-refractivity contribution is 0.362. The molecule has 0 saturated heterocycles. The molecule has 14 heavy (non-hydrogen) atoms. The van der Waals surface area contributed by atoms with Crippen LogP contribution in [0.4, 0.5) is 0 Å². The van der Waals surface area contributed by atoms with Gasteiger partial charge in [0, 0.05) is 0 Å². The highest BCUT2D eigenvalue weighted by molar-refractivity contribution is 5.26. The SMILES string of the molecule is C#C/C=C/C=C(C(C)(C)C)C(C)(C)C. The Morgan fingerprint density at radius 1 is 1.00 bits per heavy atom. The molecule has 0 amide bonds. The summed E-state index contributed by atoms with van der Waals surface area (Å²) in [5.41, 5.74) is 1.80. The van der Waals surface area contributed by atoms with E-state index in [2.05, 4.69) is 53.5 Å². The van der Waals surface area contributed by atoms with Crippen molar-refractivity contribution >= 4 is 0 Å². The van der Waals surface area contributed by atoms with Gasteiger partial charge in [0.15, 0.2) is 0 Å². The van der Waals surface area contributed by atoms with Crippen LogP contribution in [0.5, 0.6) is 0 Å². The molecule has 0 rings (SSSR count). The summed E-state index contributed by atoms with van der Waals surface area (Å²) in [6, 6.07) is 0. The molecule has 0 aromatic carbocycles. The van der Waals surface area contributed by atoms with E-state index in [4.69, 9.17) is 6.42 Å². The van der Waals surface area contributed by atoms with Gasteiger partial charge in [-0.25, -0.2) is 0 Å². The zero-order chi connectivity index (χ0) is 11.4. The van der Waals surface area contributed by atoms with Crippen LogP contribution in [0.15, 0.2) is 23.8 Å². The second-order valence-corrected chi connectivity index (χ2v) is 5.61. The first-order chi connectivity index (χ1) is 6.19. The number of terminal acetylenes is 1. The summed E-state index contributed by atoms with van der Waals surface area (Å²) in [4.78, 5) is 0. The zero-order valence-corrected chi connectivity index (χ0v) is 10.3. The van der Waals surface area contributed by atoms with Gasteiger partial charge in [-0.1, -0.05) is 65.2 Å². The molecule has 0 atom stereocenters. The summed E-state index contributed by atoms with van der Waals surface area (Å²) in [5, 5.41) is 0. The van der Waals surface area contributed by atoms with E-state index in [9.17, 15) is 0 Å². The zero-order valence-electron chi connectivity index (χ0n) is 10.3. The van der Waals surface area contributed by atoms with Crippen molar-refractivity contribution in [3.05, 3.63) is 23.8 Å². The molecule has 0 fully saturated rings. The van der Waals surface area contributed by atoms with Gasteiger partial charge in [-0.15, -0.1) is 6.42 Å². The highest BCUT2D eigenvalue weighted by Crippen LogP contribution is 2.38. The molecule has 0 radical (unpaired) electrons. The summed E-state index contributed by atoms with van der Waals surface area (Å²) in [7, 11) is 0. The third-order valence-electron chi connectivity index (χ3n) is 2.07. The molecule has 78 valence electrons. The fourth-order valence-corrected chi connectivity index (χ4v) is 1.82. The van der Waals surface area contributed by atoms with Gasteiger partial charge in [-0.3, -0.25) is 0 Å². The quantitative estimate of drug-likeness (QED) is 0.429. The van der Waals surface area contributed by atoms with Crippen LogP contribution in [0.25, 0.3) is 0 Å². The maximum Gasteiger partial charge on any atom is -0.0122 e. The first-order valence-corrected chi connectivity index (χ1v) is 5.03. The van der Waals surface area contributed by atoms with Gasteiger partial charge in [0.05, 0.1) is 0 Å². The molecule has 0 aliphatic rings. The molecule has 0 saturated carbocycles. The Morgan fingerprint density at radius 3 is 1.71 bits per heavy atom. The maximum atomic E-state index is 5.17. The monoisotopic (exact) mass is 190 g/mol. The predicted molar refractivity (Wildman–Crippen MR) is 65.0 cm³/mol. The minimum atomic E-state index is 0.192. The van der Waals surface area contributed by atoms with Crippen LogP contribution in [0.1, 0.15) is 41.5 Å². The Balaban J connectivity index is 5.06. The van der Waals surface area contributed by atoms with Crippen LogP contribution in [-0.4, -0.2) is 0 Å². The number of hydrogen-bond donors (Lipinski definition) is 0. The van der Waals surface area contributed by atoms with Crippen LogP contribution in [0.2, 0.25) is 0 Å². The van der Waals surface area contributed by atoms with Crippen molar-refractivity contribution in [1.29, 1.82) is 0 Å². The van der Waals surface area contributed by atoms with E-state index in [0.717, 1.165) is 0 Å². The van der Waals surface area contributed by atoms with E-state index >= 15 is 0 Å². The summed E-state index contributed by atoms with van der Waals surface area (Å²) >= 11 is 0. The standard InChI is InChI=1S/C14H22/c1-8-9-10-11-12(13(2,3)4)14(5,6)7/h1,9-11H,2-7H3/b10-9+. The van der Waals surface area contributed by atoms with E-state index < -0.39 is 0 Å². The largest absolute Gasteiger partial charge is 0.115 e. The van der Waals surface area contributed by atoms with Crippen molar-refractivity contribution in [3.8, 4) is 12.3 Å². The smallest absolute Gasteiger partial charge is 0.0122 e. The Bertz CT molecular complexity index is 253. The van der Waals surface area contributed by atoms with Gasteiger partial charge in [0.2, 0.25) is 0 Å². The second-order valence-electron chi connectivity index (χ2n) is 5.61. The van der Waals surface area contributed by atoms with Gasteiger partial charge in [-0.2, -0.15) is 0 Å². The molecule has 0 heterocycles. The molecular weight excluding hydrogens is 168 g/mol. The van der Waals surface area contributed by atoms with E-state index in [1.165, 1.54) is 5.57 Å². The molecular formula is C14H22. The molecule has 0 nitrogen and oxygen atoms in total. The predicted octanol–water partition coefficient (Wildman–Crippen LogP) is 4.19. The van der Waals surface area contributed by atoms with Crippen LogP contribution >= 0.6 is 0 Å². The molecule has 0 aromatic heterocycles. The summed E-state index contributed by atoms with van der Waals surface area (Å²) in [6.07, 6.45) is 11.0. The minimum Gasteiger partial charge on any atom is -0.115 e. The first kappa shape index (κ1) is 13.0. The normalized spacial score (nSPS) is 12.6. The first-order valence-electron chi connectivity index (χ1n) is 5.03. The molecule has 0 spiro atoms. The van der Waals surface area contributed by atoms with E-state index in [-0.39, 0.29) is 10.8 Å². The number of allylic oxidation sites excluding steroid dienone is 4. The Hall–Kier alpha value is -0.960. The van der Waals surface area contributed by atoms with Gasteiger partial charge < -0.3 is 0 Å². The lowest BCUT2D eigenvalue weighted by atomic mass is 9.72. The van der Waals surface area contributed by atoms with Crippen LogP contribution in [0, 0.1) is 23.2 Å². The van der Waals surface area contributed by atoms with E-state index in [1.54, 1.807) is 6.08 Å². The minimum absolute atomic E-state index is 0.192. The fraction of sp³-hybridized carbons (Fsp3) is 0.571. The van der Waals surface area contributed by atoms with Crippen molar-refractivity contribution in [3.63, 3.8) is 0 Å². The molecule has 0 aliphatic heterocycles. The Kier molecular flexibility index (Phi) is 4.20. The van der Waals surface area contributed by atoms with Gasteiger partial charge in [0.25, 0.3) is 0 Å². The topological polar surface area (TPSA) is 0 Å². The lowest BCUT2D eigenvalue weighted by Crippen LogP contribution is -2.22. The highest BCUT2D eigenvalue weighted by atomic mass is 14.3. The van der Waals surface area contributed by atoms with Gasteiger partial charge >= 0.3 is 0 Å². The maximum absolute atomic E-state index is 5.17. The third kappa shape index (κ3) is 4.33. The number of rotatable bonds is 1. The van der Waals surface area contributed by atoms with Crippen LogP contribution in [0.3, 0.4) is 0 Å². The van der Waals surface area contributed by atoms with Crippen molar-refractivity contribution in [2.75, 3.05) is 0 Å². The second kappa shape index (κ2) is 4.51. The van der Waals surface area contributed by atoms with Crippen molar-refractivity contribution in [2.24, 2.45) is 10.8 Å².